The maximum atomic E-state index is 5.76. The lowest BCUT2D eigenvalue weighted by Crippen LogP contribution is -2.00. The van der Waals surface area contributed by atoms with Crippen molar-refractivity contribution in [3.8, 4) is 0 Å². The van der Waals surface area contributed by atoms with Crippen LogP contribution in [-0.4, -0.2) is 21.2 Å². The van der Waals surface area contributed by atoms with E-state index in [1.807, 2.05) is 36.6 Å². The topological polar surface area (TPSA) is 76.7 Å². The van der Waals surface area contributed by atoms with Gasteiger partial charge in [-0.25, -0.2) is 9.97 Å². The van der Waals surface area contributed by atoms with Crippen LogP contribution in [0.2, 0.25) is 0 Å². The summed E-state index contributed by atoms with van der Waals surface area (Å²) in [6, 6.07) is 11.6. The lowest BCUT2D eigenvalue weighted by Gasteiger charge is -2.08. The van der Waals surface area contributed by atoms with E-state index in [0.717, 1.165) is 16.6 Å². The Hall–Kier alpha value is -2.34. The van der Waals surface area contributed by atoms with Gasteiger partial charge in [-0.1, -0.05) is 17.8 Å². The van der Waals surface area contributed by atoms with Gasteiger partial charge in [0.15, 0.2) is 5.16 Å². The summed E-state index contributed by atoms with van der Waals surface area (Å²) in [7, 11) is 0. The first kappa shape index (κ1) is 12.7. The van der Waals surface area contributed by atoms with Crippen molar-refractivity contribution < 1.29 is 0 Å². The molecule has 0 radical (unpaired) electrons. The molecular formula is C14H13N5S. The standard InChI is InChI=1S/C14H13N5S/c1-20-14-18-12(15)8-13(19-14)17-10-4-5-11-9(7-10)3-2-6-16-11/h2-8H,1H3,(H3,15,17,18,19). The van der Waals surface area contributed by atoms with Gasteiger partial charge in [0, 0.05) is 23.3 Å². The Morgan fingerprint density at radius 3 is 2.90 bits per heavy atom. The second-order valence-corrected chi connectivity index (χ2v) is 4.97. The second-order valence-electron chi connectivity index (χ2n) is 4.20. The van der Waals surface area contributed by atoms with Gasteiger partial charge in [0.25, 0.3) is 0 Å². The third-order valence-electron chi connectivity index (χ3n) is 2.78. The van der Waals surface area contributed by atoms with Gasteiger partial charge in [0.05, 0.1) is 5.52 Å². The predicted molar refractivity (Wildman–Crippen MR) is 83.3 cm³/mol. The monoisotopic (exact) mass is 283 g/mol. The number of nitrogens with two attached hydrogens (primary N) is 1. The van der Waals surface area contributed by atoms with Gasteiger partial charge in [-0.3, -0.25) is 4.98 Å². The van der Waals surface area contributed by atoms with Crippen molar-refractivity contribution in [2.24, 2.45) is 0 Å². The molecule has 0 amide bonds. The summed E-state index contributed by atoms with van der Waals surface area (Å²) < 4.78 is 0. The number of thioether (sulfide) groups is 1. The number of aromatic nitrogens is 3. The highest BCUT2D eigenvalue weighted by Crippen LogP contribution is 2.22. The zero-order chi connectivity index (χ0) is 13.9. The molecule has 0 aliphatic rings. The number of fused-ring (bicyclic) bond motifs is 1. The molecule has 3 aromatic rings. The van der Waals surface area contributed by atoms with Crippen molar-refractivity contribution in [3.05, 3.63) is 42.6 Å². The number of nitrogens with one attached hydrogen (secondary N) is 1. The lowest BCUT2D eigenvalue weighted by atomic mass is 10.2. The third-order valence-corrected chi connectivity index (χ3v) is 3.33. The summed E-state index contributed by atoms with van der Waals surface area (Å²) in [5.41, 5.74) is 7.67. The highest BCUT2D eigenvalue weighted by molar-refractivity contribution is 7.98. The Balaban J connectivity index is 1.94. The maximum absolute atomic E-state index is 5.76. The van der Waals surface area contributed by atoms with Gasteiger partial charge < -0.3 is 11.1 Å². The molecule has 3 rings (SSSR count). The molecular weight excluding hydrogens is 270 g/mol. The fourth-order valence-electron chi connectivity index (χ4n) is 1.90. The number of hydrogen-bond acceptors (Lipinski definition) is 6. The normalized spacial score (nSPS) is 10.7. The summed E-state index contributed by atoms with van der Waals surface area (Å²) in [6.45, 7) is 0. The number of hydrogen-bond donors (Lipinski definition) is 2. The Morgan fingerprint density at radius 2 is 2.05 bits per heavy atom. The van der Waals surface area contributed by atoms with Crippen molar-refractivity contribution in [2.45, 2.75) is 5.16 Å². The van der Waals surface area contributed by atoms with Crippen molar-refractivity contribution in [1.29, 1.82) is 0 Å². The van der Waals surface area contributed by atoms with Crippen LogP contribution in [0.4, 0.5) is 17.3 Å². The molecule has 0 saturated carbocycles. The van der Waals surface area contributed by atoms with Gasteiger partial charge in [-0.2, -0.15) is 0 Å². The van der Waals surface area contributed by atoms with Crippen LogP contribution >= 0.6 is 11.8 Å². The fraction of sp³-hybridized carbons (Fsp3) is 0.0714. The van der Waals surface area contributed by atoms with Crippen molar-refractivity contribution in [1.82, 2.24) is 15.0 Å². The van der Waals surface area contributed by atoms with Crippen LogP contribution in [0, 0.1) is 0 Å². The van der Waals surface area contributed by atoms with Crippen molar-refractivity contribution in [2.75, 3.05) is 17.3 Å². The molecule has 2 aromatic heterocycles. The zero-order valence-electron chi connectivity index (χ0n) is 10.9. The summed E-state index contributed by atoms with van der Waals surface area (Å²) in [5.74, 6) is 1.14. The Morgan fingerprint density at radius 1 is 1.15 bits per heavy atom. The van der Waals surface area contributed by atoms with E-state index >= 15 is 0 Å². The average molecular weight is 283 g/mol. The number of rotatable bonds is 3. The molecule has 20 heavy (non-hydrogen) atoms. The third kappa shape index (κ3) is 2.65. The Kier molecular flexibility index (Phi) is 3.39. The molecule has 0 fully saturated rings. The van der Waals surface area contributed by atoms with Gasteiger partial charge >= 0.3 is 0 Å². The molecule has 100 valence electrons. The molecule has 5 nitrogen and oxygen atoms in total. The highest BCUT2D eigenvalue weighted by Gasteiger charge is 2.03. The fourth-order valence-corrected chi connectivity index (χ4v) is 2.29. The van der Waals surface area contributed by atoms with Crippen molar-refractivity contribution in [3.63, 3.8) is 0 Å². The molecule has 0 atom stereocenters. The number of nitrogens with zero attached hydrogens (tertiary/aromatic N) is 3. The summed E-state index contributed by atoms with van der Waals surface area (Å²) >= 11 is 1.46. The molecule has 0 bridgehead atoms. The number of pyridine rings is 1. The number of anilines is 3. The molecule has 2 heterocycles. The Labute approximate surface area is 120 Å². The minimum Gasteiger partial charge on any atom is -0.383 e. The van der Waals surface area contributed by atoms with Crippen LogP contribution in [0.15, 0.2) is 47.8 Å². The predicted octanol–water partition coefficient (Wildman–Crippen LogP) is 3.07. The van der Waals surface area contributed by atoms with Gasteiger partial charge in [-0.05, 0) is 30.5 Å². The number of nitrogen functional groups attached to an aromatic ring is 1. The molecule has 0 spiro atoms. The minimum absolute atomic E-state index is 0.453. The average Bonchev–Trinajstić information content (AvgIpc) is 2.46. The molecule has 0 aliphatic heterocycles. The van der Waals surface area contributed by atoms with E-state index in [0.29, 0.717) is 16.8 Å². The van der Waals surface area contributed by atoms with Gasteiger partial charge in [0.1, 0.15) is 11.6 Å². The summed E-state index contributed by atoms with van der Waals surface area (Å²) in [4.78, 5) is 12.8. The number of benzene rings is 1. The van der Waals surface area contributed by atoms with Gasteiger partial charge in [-0.15, -0.1) is 0 Å². The maximum Gasteiger partial charge on any atom is 0.191 e. The van der Waals surface area contributed by atoms with E-state index in [4.69, 9.17) is 5.73 Å². The van der Waals surface area contributed by atoms with Crippen LogP contribution in [0.1, 0.15) is 0 Å². The summed E-state index contributed by atoms with van der Waals surface area (Å²) in [6.07, 6.45) is 3.70. The second kappa shape index (κ2) is 5.34. The largest absolute Gasteiger partial charge is 0.383 e. The molecule has 0 saturated heterocycles. The molecule has 6 heteroatoms. The first-order chi connectivity index (χ1) is 9.74. The summed E-state index contributed by atoms with van der Waals surface area (Å²) in [5, 5.41) is 4.96. The zero-order valence-corrected chi connectivity index (χ0v) is 11.7. The molecule has 1 aromatic carbocycles. The molecule has 0 unspecified atom stereocenters. The van der Waals surface area contributed by atoms with Crippen LogP contribution in [0.3, 0.4) is 0 Å². The SMILES string of the molecule is CSc1nc(N)cc(Nc2ccc3ncccc3c2)n1. The van der Waals surface area contributed by atoms with E-state index in [2.05, 4.69) is 20.3 Å². The van der Waals surface area contributed by atoms with E-state index in [1.54, 1.807) is 12.3 Å². The van der Waals surface area contributed by atoms with E-state index in [-0.39, 0.29) is 0 Å². The van der Waals surface area contributed by atoms with E-state index < -0.39 is 0 Å². The quantitative estimate of drug-likeness (QED) is 0.568. The lowest BCUT2D eigenvalue weighted by molar-refractivity contribution is 0.984. The first-order valence-electron chi connectivity index (χ1n) is 6.05. The molecule has 3 N–H and O–H groups in total. The van der Waals surface area contributed by atoms with Crippen molar-refractivity contribution >= 4 is 40.0 Å². The molecule has 0 aliphatic carbocycles. The highest BCUT2D eigenvalue weighted by atomic mass is 32.2. The van der Waals surface area contributed by atoms with Crippen LogP contribution in [0.25, 0.3) is 10.9 Å². The van der Waals surface area contributed by atoms with E-state index in [1.165, 1.54) is 11.8 Å². The first-order valence-corrected chi connectivity index (χ1v) is 7.27. The van der Waals surface area contributed by atoms with Crippen LogP contribution < -0.4 is 11.1 Å². The Bertz CT molecular complexity index is 759. The van der Waals surface area contributed by atoms with Crippen LogP contribution in [-0.2, 0) is 0 Å². The minimum atomic E-state index is 0.453. The van der Waals surface area contributed by atoms with E-state index in [9.17, 15) is 0 Å². The smallest absolute Gasteiger partial charge is 0.191 e. The van der Waals surface area contributed by atoms with Crippen LogP contribution in [0.5, 0.6) is 0 Å². The van der Waals surface area contributed by atoms with Gasteiger partial charge in [0.2, 0.25) is 0 Å².